The highest BCUT2D eigenvalue weighted by molar-refractivity contribution is 6.84. The van der Waals surface area contributed by atoms with Crippen molar-refractivity contribution in [2.24, 2.45) is 46.3 Å². The molecule has 4 aliphatic carbocycles. The second kappa shape index (κ2) is 11.6. The fourth-order valence-electron chi connectivity index (χ4n) is 9.29. The van der Waals surface area contributed by atoms with E-state index in [9.17, 15) is 22.0 Å². The molecule has 0 spiro atoms. The van der Waals surface area contributed by atoms with E-state index in [1.165, 1.54) is 37.9 Å². The highest BCUT2D eigenvalue weighted by atomic mass is 28.4. The Balaban J connectivity index is 1.35. The average Bonchev–Trinajstić information content (AvgIpc) is 3.30. The van der Waals surface area contributed by atoms with Crippen molar-refractivity contribution in [3.05, 3.63) is 64.5 Å². The van der Waals surface area contributed by atoms with Crippen LogP contribution >= 0.6 is 0 Å². The minimum absolute atomic E-state index is 0.00212. The van der Waals surface area contributed by atoms with Gasteiger partial charge >= 0.3 is 0 Å². The fourth-order valence-corrected chi connectivity index (χ4v) is 11.7. The summed E-state index contributed by atoms with van der Waals surface area (Å²) < 4.78 is 77.5. The van der Waals surface area contributed by atoms with Gasteiger partial charge in [0, 0.05) is 11.3 Å². The lowest BCUT2D eigenvalue weighted by Crippen LogP contribution is -2.53. The minimum atomic E-state index is -3.47. The topological polar surface area (TPSA) is 9.23 Å². The molecule has 8 atom stereocenters. The summed E-state index contributed by atoms with van der Waals surface area (Å²) in [5, 5.41) is -0.776. The summed E-state index contributed by atoms with van der Waals surface area (Å²) in [6.45, 7) is 17.2. The SMILES string of the molecule is CC(C)[C@@H](C)/C=C/[C@@H](C)[C@H]1CC[C@H]2C3=CC=C4CC(O[Si](C)(C)c5c(F)c(F)c(F)c(F)c5F)CC[C@]4(C)[C@H]3CC[C@]12C. The van der Waals surface area contributed by atoms with Crippen LogP contribution < -0.4 is 5.19 Å². The van der Waals surface area contributed by atoms with Gasteiger partial charge in [-0.25, -0.2) is 22.0 Å². The van der Waals surface area contributed by atoms with Crippen molar-refractivity contribution in [1.29, 1.82) is 0 Å². The van der Waals surface area contributed by atoms with Crippen LogP contribution in [0.5, 0.6) is 0 Å². The Labute approximate surface area is 256 Å². The third-order valence-electron chi connectivity index (χ3n) is 12.3. The summed E-state index contributed by atoms with van der Waals surface area (Å²) in [6, 6.07) is 0. The van der Waals surface area contributed by atoms with E-state index >= 15 is 0 Å². The van der Waals surface area contributed by atoms with Gasteiger partial charge in [-0.1, -0.05) is 77.0 Å². The molecule has 3 saturated carbocycles. The van der Waals surface area contributed by atoms with Crippen LogP contribution in [0.25, 0.3) is 0 Å². The molecule has 0 heterocycles. The Morgan fingerprint density at radius 3 is 2.05 bits per heavy atom. The first-order valence-corrected chi connectivity index (χ1v) is 19.2. The summed E-state index contributed by atoms with van der Waals surface area (Å²) in [7, 11) is -3.47. The zero-order valence-electron chi connectivity index (χ0n) is 27.1. The van der Waals surface area contributed by atoms with Gasteiger partial charge in [0.2, 0.25) is 14.1 Å². The van der Waals surface area contributed by atoms with Crippen LogP contribution in [0.2, 0.25) is 13.1 Å². The monoisotopic (exact) mass is 620 g/mol. The van der Waals surface area contributed by atoms with Crippen LogP contribution in [0.4, 0.5) is 22.0 Å². The molecule has 0 radical (unpaired) electrons. The highest BCUT2D eigenvalue weighted by Gasteiger charge is 2.57. The fraction of sp³-hybridized carbons (Fsp3) is 0.667. The van der Waals surface area contributed by atoms with Gasteiger partial charge in [0.15, 0.2) is 23.3 Å². The molecule has 4 aliphatic rings. The van der Waals surface area contributed by atoms with Gasteiger partial charge in [0.1, 0.15) is 0 Å². The van der Waals surface area contributed by atoms with E-state index < -0.39 is 42.6 Å². The lowest BCUT2D eigenvalue weighted by Gasteiger charge is -2.55. The first-order valence-electron chi connectivity index (χ1n) is 16.3. The van der Waals surface area contributed by atoms with Crippen molar-refractivity contribution in [3.8, 4) is 0 Å². The molecule has 1 aromatic rings. The van der Waals surface area contributed by atoms with Crippen LogP contribution in [-0.4, -0.2) is 14.4 Å². The van der Waals surface area contributed by atoms with Crippen LogP contribution in [0.15, 0.2) is 35.5 Å². The predicted molar refractivity (Wildman–Crippen MR) is 166 cm³/mol. The zero-order valence-corrected chi connectivity index (χ0v) is 28.1. The Bertz CT molecular complexity index is 1320. The van der Waals surface area contributed by atoms with Crippen LogP contribution in [-0.2, 0) is 4.43 Å². The third kappa shape index (κ3) is 5.42. The van der Waals surface area contributed by atoms with Gasteiger partial charge in [-0.2, -0.15) is 0 Å². The number of hydrogen-bond donors (Lipinski definition) is 0. The molecule has 0 N–H and O–H groups in total. The molecule has 7 heteroatoms. The molecular weight excluding hydrogens is 571 g/mol. The summed E-state index contributed by atoms with van der Waals surface area (Å²) in [4.78, 5) is 0. The third-order valence-corrected chi connectivity index (χ3v) is 14.8. The van der Waals surface area contributed by atoms with Crippen LogP contribution in [0.3, 0.4) is 0 Å². The van der Waals surface area contributed by atoms with E-state index in [4.69, 9.17) is 4.43 Å². The molecular formula is C36H49F5OSi. The smallest absolute Gasteiger partial charge is 0.225 e. The largest absolute Gasteiger partial charge is 0.409 e. The Hall–Kier alpha value is -1.73. The maximum absolute atomic E-state index is 14.7. The number of allylic oxidation sites excluding steroid dienone is 5. The lowest BCUT2D eigenvalue weighted by atomic mass is 9.50. The van der Waals surface area contributed by atoms with Gasteiger partial charge < -0.3 is 4.43 Å². The molecule has 0 bridgehead atoms. The number of rotatable bonds is 7. The molecule has 1 nitrogen and oxygen atoms in total. The Kier molecular flexibility index (Phi) is 8.78. The second-order valence-electron chi connectivity index (χ2n) is 15.4. The molecule has 1 aromatic carbocycles. The summed E-state index contributed by atoms with van der Waals surface area (Å²) in [5.41, 5.74) is 3.18. The van der Waals surface area contributed by atoms with Crippen molar-refractivity contribution in [3.63, 3.8) is 0 Å². The number of fused-ring (bicyclic) bond motifs is 5. The minimum Gasteiger partial charge on any atom is -0.409 e. The maximum Gasteiger partial charge on any atom is 0.225 e. The van der Waals surface area contributed by atoms with Crippen molar-refractivity contribution in [1.82, 2.24) is 0 Å². The van der Waals surface area contributed by atoms with Crippen LogP contribution in [0.1, 0.15) is 86.5 Å². The van der Waals surface area contributed by atoms with E-state index in [0.717, 1.165) is 12.8 Å². The van der Waals surface area contributed by atoms with E-state index in [1.807, 2.05) is 0 Å². The standard InChI is InChI=1S/C36H49F5OSi/c1-20(2)21(3)9-10-22(4)26-13-14-27-25-12-11-23-19-24(15-17-35(23,5)28(25)16-18-36(26,27)6)42-43(7,8)34-32(40)30(38)29(37)31(39)33(34)41/h9-12,20-22,24,26-28H,13-19H2,1-8H3/b10-9+/t21-,22+,24?,26+,27-,28-,35-,36+/m0/s1. The van der Waals surface area contributed by atoms with Crippen molar-refractivity contribution < 1.29 is 26.4 Å². The predicted octanol–water partition coefficient (Wildman–Crippen LogP) is 10.2. The zero-order chi connectivity index (χ0) is 31.6. The van der Waals surface area contributed by atoms with Gasteiger partial charge in [-0.15, -0.1) is 0 Å². The molecule has 0 aliphatic heterocycles. The summed E-state index contributed by atoms with van der Waals surface area (Å²) in [6.07, 6.45) is 16.2. The highest BCUT2D eigenvalue weighted by Crippen LogP contribution is 2.66. The van der Waals surface area contributed by atoms with Gasteiger partial charge in [-0.05, 0) is 104 Å². The van der Waals surface area contributed by atoms with E-state index in [1.54, 1.807) is 5.57 Å². The first-order chi connectivity index (χ1) is 20.0. The number of hydrogen-bond acceptors (Lipinski definition) is 1. The van der Waals surface area contributed by atoms with Gasteiger partial charge in [0.25, 0.3) is 0 Å². The van der Waals surface area contributed by atoms with E-state index in [0.29, 0.717) is 53.8 Å². The average molecular weight is 621 g/mol. The Morgan fingerprint density at radius 2 is 1.42 bits per heavy atom. The number of benzene rings is 1. The molecule has 43 heavy (non-hydrogen) atoms. The normalized spacial score (nSPS) is 34.0. The van der Waals surface area contributed by atoms with Crippen molar-refractivity contribution in [2.45, 2.75) is 106 Å². The maximum atomic E-state index is 14.7. The molecule has 0 saturated heterocycles. The number of halogens is 5. The molecule has 3 fully saturated rings. The van der Waals surface area contributed by atoms with E-state index in [-0.39, 0.29) is 11.5 Å². The molecule has 0 amide bonds. The van der Waals surface area contributed by atoms with E-state index in [2.05, 4.69) is 65.8 Å². The van der Waals surface area contributed by atoms with Crippen LogP contribution in [0, 0.1) is 75.4 Å². The molecule has 5 rings (SSSR count). The van der Waals surface area contributed by atoms with Gasteiger partial charge in [0.05, 0.1) is 0 Å². The van der Waals surface area contributed by atoms with Crippen molar-refractivity contribution in [2.75, 3.05) is 0 Å². The van der Waals surface area contributed by atoms with Crippen molar-refractivity contribution >= 4 is 13.5 Å². The Morgan fingerprint density at radius 1 is 0.791 bits per heavy atom. The molecule has 0 aromatic heterocycles. The molecule has 1 unspecified atom stereocenters. The first kappa shape index (κ1) is 32.7. The van der Waals surface area contributed by atoms with Gasteiger partial charge in [-0.3, -0.25) is 0 Å². The summed E-state index contributed by atoms with van der Waals surface area (Å²) >= 11 is 0. The lowest BCUT2D eigenvalue weighted by molar-refractivity contribution is 0.0419. The summed E-state index contributed by atoms with van der Waals surface area (Å²) in [5.74, 6) is -5.97. The molecule has 238 valence electrons. The second-order valence-corrected chi connectivity index (χ2v) is 19.2. The quantitative estimate of drug-likeness (QED) is 0.0969.